The van der Waals surface area contributed by atoms with Crippen molar-refractivity contribution in [3.8, 4) is 6.07 Å². The zero-order valence-corrected chi connectivity index (χ0v) is 6.37. The van der Waals surface area contributed by atoms with E-state index >= 15 is 0 Å². The van der Waals surface area contributed by atoms with Crippen LogP contribution in [0, 0.1) is 11.3 Å². The monoisotopic (exact) mass is 176 g/mol. The number of aromatic nitrogens is 2. The van der Waals surface area contributed by atoms with Gasteiger partial charge < -0.3 is 10.3 Å². The summed E-state index contributed by atoms with van der Waals surface area (Å²) in [6.07, 6.45) is 1.26. The SMILES string of the molecule is N#Cc1cnc2o[nH]c(=O)c2c1N. The Labute approximate surface area is 71.6 Å². The van der Waals surface area contributed by atoms with E-state index in [0.29, 0.717) is 0 Å². The molecule has 0 amide bonds. The number of hydrogen-bond acceptors (Lipinski definition) is 5. The van der Waals surface area contributed by atoms with Crippen molar-refractivity contribution in [1.29, 1.82) is 5.26 Å². The Morgan fingerprint density at radius 1 is 1.69 bits per heavy atom. The van der Waals surface area contributed by atoms with Crippen molar-refractivity contribution >= 4 is 16.8 Å². The van der Waals surface area contributed by atoms with Crippen LogP contribution < -0.4 is 11.3 Å². The highest BCUT2D eigenvalue weighted by molar-refractivity contribution is 5.88. The van der Waals surface area contributed by atoms with Crippen LogP contribution in [-0.2, 0) is 0 Å². The normalized spacial score (nSPS) is 10.1. The minimum atomic E-state index is -0.475. The Morgan fingerprint density at radius 2 is 2.46 bits per heavy atom. The van der Waals surface area contributed by atoms with Crippen LogP contribution >= 0.6 is 0 Å². The molecular formula is C7H4N4O2. The van der Waals surface area contributed by atoms with Gasteiger partial charge in [0.05, 0.1) is 17.4 Å². The molecule has 0 atom stereocenters. The molecule has 2 heterocycles. The van der Waals surface area contributed by atoms with E-state index in [4.69, 9.17) is 15.5 Å². The predicted molar refractivity (Wildman–Crippen MR) is 43.8 cm³/mol. The second kappa shape index (κ2) is 2.35. The van der Waals surface area contributed by atoms with E-state index in [2.05, 4.69) is 10.1 Å². The summed E-state index contributed by atoms with van der Waals surface area (Å²) in [6, 6.07) is 1.82. The lowest BCUT2D eigenvalue weighted by atomic mass is 10.2. The number of rotatable bonds is 0. The molecule has 0 aliphatic carbocycles. The van der Waals surface area contributed by atoms with Crippen LogP contribution in [0.4, 0.5) is 5.69 Å². The van der Waals surface area contributed by atoms with Crippen molar-refractivity contribution in [2.45, 2.75) is 0 Å². The molecule has 0 saturated heterocycles. The van der Waals surface area contributed by atoms with Crippen LogP contribution in [0.1, 0.15) is 5.56 Å². The van der Waals surface area contributed by atoms with Gasteiger partial charge in [-0.05, 0) is 0 Å². The highest BCUT2D eigenvalue weighted by Gasteiger charge is 2.11. The number of nitriles is 1. The second-order valence-corrected chi connectivity index (χ2v) is 2.41. The molecule has 2 aromatic heterocycles. The Kier molecular flexibility index (Phi) is 1.33. The number of nitrogens with zero attached hydrogens (tertiary/aromatic N) is 2. The van der Waals surface area contributed by atoms with Gasteiger partial charge in [-0.1, -0.05) is 0 Å². The van der Waals surface area contributed by atoms with Gasteiger partial charge in [-0.25, -0.2) is 4.98 Å². The van der Waals surface area contributed by atoms with Gasteiger partial charge in [-0.2, -0.15) is 10.4 Å². The molecule has 0 fully saturated rings. The van der Waals surface area contributed by atoms with Gasteiger partial charge in [0.2, 0.25) is 0 Å². The summed E-state index contributed by atoms with van der Waals surface area (Å²) >= 11 is 0. The number of nitrogen functional groups attached to an aromatic ring is 1. The Morgan fingerprint density at radius 3 is 3.15 bits per heavy atom. The Bertz CT molecular complexity index is 560. The number of nitrogens with two attached hydrogens (primary N) is 1. The van der Waals surface area contributed by atoms with Gasteiger partial charge in [0.1, 0.15) is 11.5 Å². The molecule has 6 heteroatoms. The molecule has 0 aliphatic rings. The highest BCUT2D eigenvalue weighted by Crippen LogP contribution is 2.17. The molecule has 0 bridgehead atoms. The first kappa shape index (κ1) is 7.36. The summed E-state index contributed by atoms with van der Waals surface area (Å²) in [4.78, 5) is 14.8. The van der Waals surface area contributed by atoms with Crippen molar-refractivity contribution < 1.29 is 4.52 Å². The van der Waals surface area contributed by atoms with Crippen molar-refractivity contribution in [2.75, 3.05) is 5.73 Å². The van der Waals surface area contributed by atoms with Gasteiger partial charge in [0.15, 0.2) is 0 Å². The fourth-order valence-corrected chi connectivity index (χ4v) is 1.04. The zero-order valence-electron chi connectivity index (χ0n) is 6.37. The number of fused-ring (bicyclic) bond motifs is 1. The summed E-state index contributed by atoms with van der Waals surface area (Å²) in [6.45, 7) is 0. The van der Waals surface area contributed by atoms with E-state index in [1.54, 1.807) is 0 Å². The van der Waals surface area contributed by atoms with Gasteiger partial charge in [-0.3, -0.25) is 4.79 Å². The number of anilines is 1. The molecule has 13 heavy (non-hydrogen) atoms. The summed E-state index contributed by atoms with van der Waals surface area (Å²) in [5.74, 6) is 0. The molecule has 6 nitrogen and oxygen atoms in total. The smallest absolute Gasteiger partial charge is 0.291 e. The molecule has 0 unspecified atom stereocenters. The number of H-pyrrole nitrogens is 1. The molecular weight excluding hydrogens is 172 g/mol. The molecule has 64 valence electrons. The van der Waals surface area contributed by atoms with Crippen LogP contribution in [0.5, 0.6) is 0 Å². The van der Waals surface area contributed by atoms with Crippen LogP contribution in [-0.4, -0.2) is 10.1 Å². The molecule has 0 aliphatic heterocycles. The maximum absolute atomic E-state index is 11.1. The minimum Gasteiger partial charge on any atom is -0.397 e. The number of pyridine rings is 1. The van der Waals surface area contributed by atoms with Crippen molar-refractivity contribution in [1.82, 2.24) is 10.1 Å². The summed E-state index contributed by atoms with van der Waals surface area (Å²) < 4.78 is 4.69. The first-order valence-electron chi connectivity index (χ1n) is 3.40. The first-order chi connectivity index (χ1) is 6.24. The van der Waals surface area contributed by atoms with Crippen molar-refractivity contribution in [3.05, 3.63) is 22.1 Å². The van der Waals surface area contributed by atoms with Crippen molar-refractivity contribution in [2.24, 2.45) is 0 Å². The predicted octanol–water partition coefficient (Wildman–Crippen LogP) is -0.0300. The fourth-order valence-electron chi connectivity index (χ4n) is 1.04. The average Bonchev–Trinajstić information content (AvgIpc) is 2.49. The van der Waals surface area contributed by atoms with Crippen LogP contribution in [0.2, 0.25) is 0 Å². The van der Waals surface area contributed by atoms with Gasteiger partial charge in [0, 0.05) is 0 Å². The van der Waals surface area contributed by atoms with E-state index in [-0.39, 0.29) is 22.4 Å². The van der Waals surface area contributed by atoms with Gasteiger partial charge in [0.25, 0.3) is 11.3 Å². The maximum atomic E-state index is 11.1. The van der Waals surface area contributed by atoms with E-state index in [1.807, 2.05) is 6.07 Å². The summed E-state index contributed by atoms with van der Waals surface area (Å²) in [7, 11) is 0. The van der Waals surface area contributed by atoms with E-state index in [0.717, 1.165) is 0 Å². The van der Waals surface area contributed by atoms with Gasteiger partial charge in [-0.15, -0.1) is 0 Å². The topological polar surface area (TPSA) is 109 Å². The van der Waals surface area contributed by atoms with Crippen molar-refractivity contribution in [3.63, 3.8) is 0 Å². The highest BCUT2D eigenvalue weighted by atomic mass is 16.5. The molecule has 2 rings (SSSR count). The molecule has 3 N–H and O–H groups in total. The Hall–Kier alpha value is -2.29. The second-order valence-electron chi connectivity index (χ2n) is 2.41. The van der Waals surface area contributed by atoms with E-state index < -0.39 is 5.56 Å². The standard InChI is InChI=1S/C7H4N4O2/c8-1-3-2-10-7-4(5(3)9)6(12)11-13-7/h2H,(H2,9,10)(H,11,12). The van der Waals surface area contributed by atoms with E-state index in [1.165, 1.54) is 6.20 Å². The fraction of sp³-hybridized carbons (Fsp3) is 0. The van der Waals surface area contributed by atoms with Crippen LogP contribution in [0.3, 0.4) is 0 Å². The largest absolute Gasteiger partial charge is 0.397 e. The van der Waals surface area contributed by atoms with E-state index in [9.17, 15) is 4.79 Å². The summed E-state index contributed by atoms with van der Waals surface area (Å²) in [5, 5.41) is 10.8. The third kappa shape index (κ3) is 0.873. The first-order valence-corrected chi connectivity index (χ1v) is 3.40. The molecule has 0 radical (unpaired) electrons. The third-order valence-electron chi connectivity index (χ3n) is 1.67. The number of nitrogens with one attached hydrogen (secondary N) is 1. The lowest BCUT2D eigenvalue weighted by Crippen LogP contribution is -2.02. The third-order valence-corrected chi connectivity index (χ3v) is 1.67. The number of aromatic amines is 1. The molecule has 2 aromatic rings. The molecule has 0 aromatic carbocycles. The molecule has 0 spiro atoms. The lowest BCUT2D eigenvalue weighted by molar-refractivity contribution is 0.441. The van der Waals surface area contributed by atoms with Gasteiger partial charge >= 0.3 is 0 Å². The molecule has 0 saturated carbocycles. The zero-order chi connectivity index (χ0) is 9.42. The van der Waals surface area contributed by atoms with Crippen LogP contribution in [0.25, 0.3) is 11.1 Å². The lowest BCUT2D eigenvalue weighted by Gasteiger charge is -1.93. The Balaban J connectivity index is 3.02. The van der Waals surface area contributed by atoms with Crippen LogP contribution in [0.15, 0.2) is 15.5 Å². The maximum Gasteiger partial charge on any atom is 0.291 e. The number of hydrogen-bond donors (Lipinski definition) is 2. The average molecular weight is 176 g/mol. The minimum absolute atomic E-state index is 0.0995. The quantitative estimate of drug-likeness (QED) is 0.585. The summed E-state index contributed by atoms with van der Waals surface area (Å²) in [5.41, 5.74) is 5.44.